The third-order valence-electron chi connectivity index (χ3n) is 3.68. The predicted octanol–water partition coefficient (Wildman–Crippen LogP) is 3.88. The Hall–Kier alpha value is -1.22. The van der Waals surface area contributed by atoms with Crippen LogP contribution in [0.4, 0.5) is 0 Å². The SMILES string of the molecule is CCCNC(CC)C(C)CCOc1ccccc1OC. The lowest BCUT2D eigenvalue weighted by molar-refractivity contribution is 0.244. The molecular weight excluding hydrogens is 250 g/mol. The van der Waals surface area contributed by atoms with Crippen LogP contribution in [0.5, 0.6) is 11.5 Å². The molecule has 0 aliphatic heterocycles. The lowest BCUT2D eigenvalue weighted by Gasteiger charge is -2.24. The van der Waals surface area contributed by atoms with Crippen LogP contribution >= 0.6 is 0 Å². The maximum Gasteiger partial charge on any atom is 0.161 e. The van der Waals surface area contributed by atoms with E-state index in [2.05, 4.69) is 26.1 Å². The van der Waals surface area contributed by atoms with Crippen molar-refractivity contribution >= 4 is 0 Å². The van der Waals surface area contributed by atoms with Crippen molar-refractivity contribution in [3.63, 3.8) is 0 Å². The minimum atomic E-state index is 0.580. The fourth-order valence-electron chi connectivity index (χ4n) is 2.37. The van der Waals surface area contributed by atoms with E-state index in [9.17, 15) is 0 Å². The van der Waals surface area contributed by atoms with Crippen molar-refractivity contribution in [3.8, 4) is 11.5 Å². The first-order valence-corrected chi connectivity index (χ1v) is 7.72. The summed E-state index contributed by atoms with van der Waals surface area (Å²) < 4.78 is 11.1. The molecule has 2 atom stereocenters. The lowest BCUT2D eigenvalue weighted by atomic mass is 9.96. The van der Waals surface area contributed by atoms with Gasteiger partial charge in [-0.25, -0.2) is 0 Å². The van der Waals surface area contributed by atoms with Crippen LogP contribution in [0.1, 0.15) is 40.0 Å². The number of hydrogen-bond donors (Lipinski definition) is 1. The quantitative estimate of drug-likeness (QED) is 0.705. The molecule has 0 bridgehead atoms. The Balaban J connectivity index is 2.38. The van der Waals surface area contributed by atoms with Crippen LogP contribution in [0.2, 0.25) is 0 Å². The zero-order valence-corrected chi connectivity index (χ0v) is 13.3. The Morgan fingerprint density at radius 3 is 2.45 bits per heavy atom. The average molecular weight is 279 g/mol. The number of ether oxygens (including phenoxy) is 2. The Morgan fingerprint density at radius 2 is 1.85 bits per heavy atom. The van der Waals surface area contributed by atoms with Crippen LogP contribution in [0.25, 0.3) is 0 Å². The summed E-state index contributed by atoms with van der Waals surface area (Å²) in [5, 5.41) is 3.61. The molecule has 1 rings (SSSR count). The van der Waals surface area contributed by atoms with E-state index in [0.29, 0.717) is 12.0 Å². The minimum absolute atomic E-state index is 0.580. The normalized spacial score (nSPS) is 13.8. The minimum Gasteiger partial charge on any atom is -0.493 e. The molecule has 1 N–H and O–H groups in total. The molecule has 0 saturated heterocycles. The molecule has 0 heterocycles. The lowest BCUT2D eigenvalue weighted by Crippen LogP contribution is -2.35. The predicted molar refractivity (Wildman–Crippen MR) is 84.6 cm³/mol. The summed E-state index contributed by atoms with van der Waals surface area (Å²) in [7, 11) is 1.67. The van der Waals surface area contributed by atoms with Gasteiger partial charge in [0.1, 0.15) is 0 Å². The average Bonchev–Trinajstić information content (AvgIpc) is 2.48. The summed E-state index contributed by atoms with van der Waals surface area (Å²) in [4.78, 5) is 0. The number of hydrogen-bond acceptors (Lipinski definition) is 3. The van der Waals surface area contributed by atoms with Gasteiger partial charge in [-0.05, 0) is 43.9 Å². The molecule has 3 heteroatoms. The summed E-state index contributed by atoms with van der Waals surface area (Å²) in [6.45, 7) is 8.56. The highest BCUT2D eigenvalue weighted by Crippen LogP contribution is 2.26. The van der Waals surface area contributed by atoms with Crippen LogP contribution in [-0.4, -0.2) is 26.3 Å². The van der Waals surface area contributed by atoms with Crippen LogP contribution in [-0.2, 0) is 0 Å². The first kappa shape index (κ1) is 16.8. The van der Waals surface area contributed by atoms with Crippen molar-refractivity contribution in [2.24, 2.45) is 5.92 Å². The van der Waals surface area contributed by atoms with E-state index in [1.54, 1.807) is 7.11 Å². The summed E-state index contributed by atoms with van der Waals surface area (Å²) in [5.41, 5.74) is 0. The van der Waals surface area contributed by atoms with Gasteiger partial charge in [0.05, 0.1) is 13.7 Å². The Bertz CT molecular complexity index is 368. The second-order valence-electron chi connectivity index (χ2n) is 5.23. The van der Waals surface area contributed by atoms with Gasteiger partial charge in [0.2, 0.25) is 0 Å². The van der Waals surface area contributed by atoms with Crippen molar-refractivity contribution in [2.75, 3.05) is 20.3 Å². The van der Waals surface area contributed by atoms with Crippen molar-refractivity contribution in [1.29, 1.82) is 0 Å². The van der Waals surface area contributed by atoms with Gasteiger partial charge in [0.25, 0.3) is 0 Å². The zero-order valence-electron chi connectivity index (χ0n) is 13.3. The maximum absolute atomic E-state index is 5.85. The Kier molecular flexibility index (Phi) is 8.12. The summed E-state index contributed by atoms with van der Waals surface area (Å²) in [6, 6.07) is 8.39. The number of benzene rings is 1. The molecule has 20 heavy (non-hydrogen) atoms. The van der Waals surface area contributed by atoms with Crippen LogP contribution < -0.4 is 14.8 Å². The van der Waals surface area contributed by atoms with E-state index < -0.39 is 0 Å². The summed E-state index contributed by atoms with van der Waals surface area (Å²) in [5.74, 6) is 2.24. The number of nitrogens with one attached hydrogen (secondary N) is 1. The molecular formula is C17H29NO2. The zero-order chi connectivity index (χ0) is 14.8. The van der Waals surface area contributed by atoms with E-state index in [1.165, 1.54) is 6.42 Å². The van der Waals surface area contributed by atoms with Gasteiger partial charge in [-0.3, -0.25) is 0 Å². The van der Waals surface area contributed by atoms with Crippen molar-refractivity contribution in [1.82, 2.24) is 5.32 Å². The first-order valence-electron chi connectivity index (χ1n) is 7.72. The van der Waals surface area contributed by atoms with E-state index in [4.69, 9.17) is 9.47 Å². The highest BCUT2D eigenvalue weighted by atomic mass is 16.5. The third kappa shape index (κ3) is 5.41. The summed E-state index contributed by atoms with van der Waals surface area (Å²) >= 11 is 0. The first-order chi connectivity index (χ1) is 9.72. The summed E-state index contributed by atoms with van der Waals surface area (Å²) in [6.07, 6.45) is 3.39. The monoisotopic (exact) mass is 279 g/mol. The van der Waals surface area contributed by atoms with Crippen LogP contribution in [0.15, 0.2) is 24.3 Å². The topological polar surface area (TPSA) is 30.5 Å². The van der Waals surface area contributed by atoms with Crippen molar-refractivity contribution in [3.05, 3.63) is 24.3 Å². The third-order valence-corrected chi connectivity index (χ3v) is 3.68. The molecule has 2 unspecified atom stereocenters. The molecule has 3 nitrogen and oxygen atoms in total. The maximum atomic E-state index is 5.85. The molecule has 1 aromatic carbocycles. The fraction of sp³-hybridized carbons (Fsp3) is 0.647. The molecule has 0 aliphatic rings. The second kappa shape index (κ2) is 9.65. The molecule has 0 aromatic heterocycles. The van der Waals surface area contributed by atoms with Gasteiger partial charge in [-0.1, -0.05) is 32.9 Å². The van der Waals surface area contributed by atoms with E-state index in [-0.39, 0.29) is 0 Å². The molecule has 0 radical (unpaired) electrons. The highest BCUT2D eigenvalue weighted by molar-refractivity contribution is 5.39. The van der Waals surface area contributed by atoms with E-state index in [0.717, 1.165) is 37.5 Å². The van der Waals surface area contributed by atoms with Gasteiger partial charge in [-0.2, -0.15) is 0 Å². The van der Waals surface area contributed by atoms with Gasteiger partial charge < -0.3 is 14.8 Å². The highest BCUT2D eigenvalue weighted by Gasteiger charge is 2.14. The Labute approximate surface area is 123 Å². The van der Waals surface area contributed by atoms with Crippen LogP contribution in [0, 0.1) is 5.92 Å². The second-order valence-corrected chi connectivity index (χ2v) is 5.23. The van der Waals surface area contributed by atoms with Gasteiger partial charge in [0.15, 0.2) is 11.5 Å². The van der Waals surface area contributed by atoms with Gasteiger partial charge in [0, 0.05) is 6.04 Å². The molecule has 0 saturated carbocycles. The smallest absolute Gasteiger partial charge is 0.161 e. The molecule has 0 aliphatic carbocycles. The standard InChI is InChI=1S/C17H29NO2/c1-5-12-18-15(6-2)14(3)11-13-20-17-10-8-7-9-16(17)19-4/h7-10,14-15,18H,5-6,11-13H2,1-4H3. The van der Waals surface area contributed by atoms with Crippen molar-refractivity contribution in [2.45, 2.75) is 46.1 Å². The number of para-hydroxylation sites is 2. The Morgan fingerprint density at radius 1 is 1.15 bits per heavy atom. The van der Waals surface area contributed by atoms with E-state index in [1.807, 2.05) is 24.3 Å². The molecule has 0 spiro atoms. The van der Waals surface area contributed by atoms with Crippen molar-refractivity contribution < 1.29 is 9.47 Å². The molecule has 114 valence electrons. The molecule has 0 fully saturated rings. The van der Waals surface area contributed by atoms with Crippen LogP contribution in [0.3, 0.4) is 0 Å². The number of rotatable bonds is 10. The largest absolute Gasteiger partial charge is 0.493 e. The molecule has 0 amide bonds. The fourth-order valence-corrected chi connectivity index (χ4v) is 2.37. The van der Waals surface area contributed by atoms with Gasteiger partial charge in [-0.15, -0.1) is 0 Å². The van der Waals surface area contributed by atoms with Gasteiger partial charge >= 0.3 is 0 Å². The number of methoxy groups -OCH3 is 1. The molecule has 1 aromatic rings. The van der Waals surface area contributed by atoms with E-state index >= 15 is 0 Å².